The van der Waals surface area contributed by atoms with Gasteiger partial charge in [0.2, 0.25) is 0 Å². The number of methoxy groups -OCH3 is 2. The number of carbonyl (C=O) groups excluding carboxylic acids is 1. The Hall–Kier alpha value is -2.49. The van der Waals surface area contributed by atoms with E-state index in [-0.39, 0.29) is 40.4 Å². The number of hydrogen-bond acceptors (Lipinski definition) is 7. The highest BCUT2D eigenvalue weighted by Gasteiger charge is 2.25. The molecule has 3 rings (SSSR count). The Morgan fingerprint density at radius 3 is 2.48 bits per heavy atom. The van der Waals surface area contributed by atoms with Crippen molar-refractivity contribution in [2.24, 2.45) is 0 Å². The fraction of sp³-hybridized carbons (Fsp3) is 0.381. The number of nitrogens with zero attached hydrogens (tertiary/aromatic N) is 1. The summed E-state index contributed by atoms with van der Waals surface area (Å²) in [5.41, 5.74) is 0.316. The van der Waals surface area contributed by atoms with Gasteiger partial charge >= 0.3 is 5.97 Å². The van der Waals surface area contributed by atoms with Crippen molar-refractivity contribution in [1.29, 1.82) is 0 Å². The first-order valence-corrected chi connectivity index (χ1v) is 11.1. The minimum atomic E-state index is -3.97. The Morgan fingerprint density at radius 1 is 1.10 bits per heavy atom. The Morgan fingerprint density at radius 2 is 1.81 bits per heavy atom. The summed E-state index contributed by atoms with van der Waals surface area (Å²) in [4.78, 5) is 14.8. The molecule has 10 heteroatoms. The second-order valence-corrected chi connectivity index (χ2v) is 8.78. The number of para-hydroxylation sites is 1. The maximum atomic E-state index is 12.9. The molecule has 0 aromatic heterocycles. The van der Waals surface area contributed by atoms with Gasteiger partial charge in [0, 0.05) is 12.6 Å². The highest BCUT2D eigenvalue weighted by Crippen LogP contribution is 2.30. The first kappa shape index (κ1) is 24.8. The number of ether oxygens (including phenoxy) is 3. The number of likely N-dealkylation sites (N-methyl/N-ethyl adjacent to an activating group) is 1. The van der Waals surface area contributed by atoms with Crippen molar-refractivity contribution in [2.75, 3.05) is 39.1 Å². The van der Waals surface area contributed by atoms with Crippen molar-refractivity contribution >= 4 is 21.7 Å². The van der Waals surface area contributed by atoms with Gasteiger partial charge in [0.25, 0.3) is 10.0 Å². The SMILES string of the molecule is COc1ccc(S(=O)(=O)Nc2ccccc2C(=O)OC2CCCN(C)C2)cc1OC.[Cl-]. The molecule has 2 aromatic carbocycles. The van der Waals surface area contributed by atoms with Gasteiger partial charge in [-0.2, -0.15) is 0 Å². The molecular formula is C21H26ClN2O6S-. The van der Waals surface area contributed by atoms with Crippen LogP contribution in [-0.4, -0.2) is 59.7 Å². The fourth-order valence-electron chi connectivity index (χ4n) is 3.37. The number of piperidine rings is 1. The number of benzene rings is 2. The normalized spacial score (nSPS) is 16.7. The molecule has 170 valence electrons. The van der Waals surface area contributed by atoms with E-state index in [1.54, 1.807) is 18.2 Å². The van der Waals surface area contributed by atoms with E-state index in [4.69, 9.17) is 14.2 Å². The van der Waals surface area contributed by atoms with Gasteiger partial charge in [-0.1, -0.05) is 12.1 Å². The lowest BCUT2D eigenvalue weighted by atomic mass is 10.1. The number of sulfonamides is 1. The highest BCUT2D eigenvalue weighted by molar-refractivity contribution is 7.92. The van der Waals surface area contributed by atoms with E-state index < -0.39 is 16.0 Å². The second kappa shape index (κ2) is 10.7. The minimum Gasteiger partial charge on any atom is -1.00 e. The van der Waals surface area contributed by atoms with Crippen LogP contribution in [0.3, 0.4) is 0 Å². The van der Waals surface area contributed by atoms with Crippen LogP contribution in [0.5, 0.6) is 11.5 Å². The molecule has 2 aromatic rings. The second-order valence-electron chi connectivity index (χ2n) is 7.10. The molecule has 1 N–H and O–H groups in total. The molecule has 1 aliphatic heterocycles. The molecule has 0 amide bonds. The zero-order chi connectivity index (χ0) is 21.7. The van der Waals surface area contributed by atoms with Crippen LogP contribution in [0.2, 0.25) is 0 Å². The summed E-state index contributed by atoms with van der Waals surface area (Å²) in [6, 6.07) is 10.7. The smallest absolute Gasteiger partial charge is 0.340 e. The van der Waals surface area contributed by atoms with Gasteiger partial charge in [0.1, 0.15) is 6.10 Å². The third kappa shape index (κ3) is 6.03. The molecule has 1 unspecified atom stereocenters. The predicted molar refractivity (Wildman–Crippen MR) is 113 cm³/mol. The summed E-state index contributed by atoms with van der Waals surface area (Å²) in [6.07, 6.45) is 1.52. The molecule has 1 atom stereocenters. The average molecular weight is 470 g/mol. The third-order valence-corrected chi connectivity index (χ3v) is 6.27. The number of rotatable bonds is 7. The molecular weight excluding hydrogens is 444 g/mol. The number of carbonyl (C=O) groups is 1. The maximum Gasteiger partial charge on any atom is 0.340 e. The zero-order valence-corrected chi connectivity index (χ0v) is 19.2. The lowest BCUT2D eigenvalue weighted by Gasteiger charge is -2.29. The number of halogens is 1. The van der Waals surface area contributed by atoms with Crippen molar-refractivity contribution in [1.82, 2.24) is 4.90 Å². The van der Waals surface area contributed by atoms with Crippen LogP contribution in [0.15, 0.2) is 47.4 Å². The van der Waals surface area contributed by atoms with Crippen molar-refractivity contribution in [3.63, 3.8) is 0 Å². The summed E-state index contributed by atoms with van der Waals surface area (Å²) >= 11 is 0. The van der Waals surface area contributed by atoms with E-state index in [0.29, 0.717) is 12.3 Å². The van der Waals surface area contributed by atoms with Crippen LogP contribution in [0, 0.1) is 0 Å². The Bertz CT molecular complexity index is 1010. The van der Waals surface area contributed by atoms with Crippen molar-refractivity contribution < 1.29 is 39.8 Å². The lowest BCUT2D eigenvalue weighted by Crippen LogP contribution is -3.00. The van der Waals surface area contributed by atoms with Crippen LogP contribution in [-0.2, 0) is 14.8 Å². The van der Waals surface area contributed by atoms with Crippen LogP contribution in [0.25, 0.3) is 0 Å². The lowest BCUT2D eigenvalue weighted by molar-refractivity contribution is -0.0000874. The number of nitrogens with one attached hydrogen (secondary N) is 1. The number of esters is 1. The van der Waals surface area contributed by atoms with Gasteiger partial charge in [-0.25, -0.2) is 13.2 Å². The number of anilines is 1. The zero-order valence-electron chi connectivity index (χ0n) is 17.6. The van der Waals surface area contributed by atoms with Crippen molar-refractivity contribution in [2.45, 2.75) is 23.8 Å². The standard InChI is InChI=1S/C21H26N2O6S.ClH/c1-23-12-6-7-15(14-23)29-21(24)17-8-4-5-9-18(17)22-30(25,26)16-10-11-19(27-2)20(13-16)28-3;/h4-5,8-11,13,15,22H,6-7,12,14H2,1-3H3;1H/p-1. The molecule has 8 nitrogen and oxygen atoms in total. The van der Waals surface area contributed by atoms with Crippen LogP contribution >= 0.6 is 0 Å². The quantitative estimate of drug-likeness (QED) is 0.559. The highest BCUT2D eigenvalue weighted by atomic mass is 35.5. The summed E-state index contributed by atoms with van der Waals surface area (Å²) < 4.78 is 44.3. The predicted octanol–water partition coefficient (Wildman–Crippen LogP) is -0.240. The van der Waals surface area contributed by atoms with E-state index >= 15 is 0 Å². The van der Waals surface area contributed by atoms with E-state index in [1.807, 2.05) is 7.05 Å². The molecule has 1 heterocycles. The van der Waals surface area contributed by atoms with Gasteiger partial charge in [-0.15, -0.1) is 0 Å². The van der Waals surface area contributed by atoms with Crippen LogP contribution in [0.1, 0.15) is 23.2 Å². The van der Waals surface area contributed by atoms with Crippen molar-refractivity contribution in [3.05, 3.63) is 48.0 Å². The monoisotopic (exact) mass is 469 g/mol. The molecule has 0 spiro atoms. The maximum absolute atomic E-state index is 12.9. The van der Waals surface area contributed by atoms with E-state index in [9.17, 15) is 13.2 Å². The van der Waals surface area contributed by atoms with E-state index in [1.165, 1.54) is 38.5 Å². The Balaban J connectivity index is 0.00000341. The molecule has 0 radical (unpaired) electrons. The largest absolute Gasteiger partial charge is 1.00 e. The fourth-order valence-corrected chi connectivity index (χ4v) is 4.46. The molecule has 1 fully saturated rings. The summed E-state index contributed by atoms with van der Waals surface area (Å²) in [5.74, 6) is 0.147. The molecule has 31 heavy (non-hydrogen) atoms. The number of likely N-dealkylation sites (tertiary alicyclic amines) is 1. The number of hydrogen-bond donors (Lipinski definition) is 1. The van der Waals surface area contributed by atoms with Gasteiger partial charge in [0.05, 0.1) is 30.4 Å². The molecule has 0 bridgehead atoms. The van der Waals surface area contributed by atoms with E-state index in [2.05, 4.69) is 9.62 Å². The van der Waals surface area contributed by atoms with Gasteiger partial charge in [-0.3, -0.25) is 4.72 Å². The van der Waals surface area contributed by atoms with Crippen LogP contribution in [0.4, 0.5) is 5.69 Å². The Labute approximate surface area is 188 Å². The van der Waals surface area contributed by atoms with Crippen LogP contribution < -0.4 is 26.6 Å². The summed E-state index contributed by atoms with van der Waals surface area (Å²) in [5, 5.41) is 0. The van der Waals surface area contributed by atoms with Crippen molar-refractivity contribution in [3.8, 4) is 11.5 Å². The average Bonchev–Trinajstić information content (AvgIpc) is 2.73. The topological polar surface area (TPSA) is 94.2 Å². The summed E-state index contributed by atoms with van der Waals surface area (Å²) in [6.45, 7) is 1.63. The summed E-state index contributed by atoms with van der Waals surface area (Å²) in [7, 11) is 0.902. The Kier molecular flexibility index (Phi) is 8.55. The van der Waals surface area contributed by atoms with Gasteiger partial charge in [0.15, 0.2) is 11.5 Å². The third-order valence-electron chi connectivity index (χ3n) is 4.91. The van der Waals surface area contributed by atoms with Gasteiger partial charge < -0.3 is 31.5 Å². The first-order valence-electron chi connectivity index (χ1n) is 9.57. The molecule has 0 aliphatic carbocycles. The molecule has 1 aliphatic rings. The molecule has 1 saturated heterocycles. The molecule has 0 saturated carbocycles. The minimum absolute atomic E-state index is 0. The van der Waals surface area contributed by atoms with E-state index in [0.717, 1.165) is 19.4 Å². The first-order chi connectivity index (χ1) is 14.3. The van der Waals surface area contributed by atoms with Gasteiger partial charge in [-0.05, 0) is 50.7 Å².